The van der Waals surface area contributed by atoms with E-state index in [-0.39, 0.29) is 11.5 Å². The van der Waals surface area contributed by atoms with E-state index in [1.165, 1.54) is 0 Å². The SMILES string of the molecule is Nc1cccc(Br)c1CS(=O)(=O)Cc1ccccc1Cl. The molecule has 0 unspecified atom stereocenters. The molecule has 0 aliphatic carbocycles. The van der Waals surface area contributed by atoms with Crippen molar-refractivity contribution < 1.29 is 8.42 Å². The average Bonchev–Trinajstić information content (AvgIpc) is 2.37. The zero-order valence-electron chi connectivity index (χ0n) is 10.5. The molecule has 0 aliphatic rings. The fourth-order valence-corrected chi connectivity index (χ4v) is 4.43. The van der Waals surface area contributed by atoms with Crippen LogP contribution in [0.4, 0.5) is 5.69 Å². The quantitative estimate of drug-likeness (QED) is 0.828. The average molecular weight is 375 g/mol. The standard InChI is InChI=1S/C14H13BrClNO2S/c15-12-5-3-7-14(17)11(12)9-20(18,19)8-10-4-1-2-6-13(10)16/h1-7H,8-9,17H2. The van der Waals surface area contributed by atoms with Crippen LogP contribution in [0.1, 0.15) is 11.1 Å². The predicted octanol–water partition coefficient (Wildman–Crippen LogP) is 3.80. The summed E-state index contributed by atoms with van der Waals surface area (Å²) >= 11 is 9.33. The molecule has 0 bridgehead atoms. The minimum absolute atomic E-state index is 0.104. The van der Waals surface area contributed by atoms with Crippen molar-refractivity contribution in [1.82, 2.24) is 0 Å². The Bertz CT molecular complexity index is 711. The van der Waals surface area contributed by atoms with Crippen LogP contribution in [-0.2, 0) is 21.3 Å². The normalized spacial score (nSPS) is 11.5. The van der Waals surface area contributed by atoms with Gasteiger partial charge >= 0.3 is 0 Å². The van der Waals surface area contributed by atoms with Gasteiger partial charge in [-0.3, -0.25) is 0 Å². The molecule has 106 valence electrons. The summed E-state index contributed by atoms with van der Waals surface area (Å²) in [5, 5.41) is 0.455. The van der Waals surface area contributed by atoms with Gasteiger partial charge in [-0.05, 0) is 23.8 Å². The highest BCUT2D eigenvalue weighted by Crippen LogP contribution is 2.27. The smallest absolute Gasteiger partial charge is 0.158 e. The largest absolute Gasteiger partial charge is 0.398 e. The number of rotatable bonds is 4. The van der Waals surface area contributed by atoms with Gasteiger partial charge < -0.3 is 5.73 Å². The minimum Gasteiger partial charge on any atom is -0.398 e. The van der Waals surface area contributed by atoms with E-state index in [0.717, 1.165) is 0 Å². The van der Waals surface area contributed by atoms with Gasteiger partial charge in [-0.2, -0.15) is 0 Å². The lowest BCUT2D eigenvalue weighted by atomic mass is 10.2. The number of halogens is 2. The second-order valence-electron chi connectivity index (χ2n) is 4.43. The lowest BCUT2D eigenvalue weighted by Crippen LogP contribution is -2.10. The van der Waals surface area contributed by atoms with E-state index < -0.39 is 9.84 Å². The van der Waals surface area contributed by atoms with Crippen LogP contribution >= 0.6 is 27.5 Å². The Morgan fingerprint density at radius 3 is 2.40 bits per heavy atom. The van der Waals surface area contributed by atoms with Gasteiger partial charge in [0.25, 0.3) is 0 Å². The van der Waals surface area contributed by atoms with Crippen LogP contribution < -0.4 is 5.73 Å². The highest BCUT2D eigenvalue weighted by atomic mass is 79.9. The molecule has 20 heavy (non-hydrogen) atoms. The van der Waals surface area contributed by atoms with Gasteiger partial charge in [0.2, 0.25) is 0 Å². The topological polar surface area (TPSA) is 60.2 Å². The van der Waals surface area contributed by atoms with Crippen LogP contribution in [-0.4, -0.2) is 8.42 Å². The first kappa shape index (κ1) is 15.4. The molecule has 6 heteroatoms. The van der Waals surface area contributed by atoms with E-state index in [4.69, 9.17) is 17.3 Å². The summed E-state index contributed by atoms with van der Waals surface area (Å²) in [5.74, 6) is -0.223. The second-order valence-corrected chi connectivity index (χ2v) is 7.76. The summed E-state index contributed by atoms with van der Waals surface area (Å²) in [7, 11) is -3.35. The van der Waals surface area contributed by atoms with E-state index in [9.17, 15) is 8.42 Å². The van der Waals surface area contributed by atoms with Crippen LogP contribution in [0, 0.1) is 0 Å². The van der Waals surface area contributed by atoms with Gasteiger partial charge in [-0.1, -0.05) is 51.8 Å². The summed E-state index contributed by atoms with van der Waals surface area (Å²) in [4.78, 5) is 0. The Kier molecular flexibility index (Phi) is 4.73. The van der Waals surface area contributed by atoms with E-state index in [0.29, 0.717) is 26.3 Å². The van der Waals surface area contributed by atoms with Crippen molar-refractivity contribution in [2.45, 2.75) is 11.5 Å². The summed E-state index contributed by atoms with van der Waals surface area (Å²) in [6, 6.07) is 12.2. The number of hydrogen-bond donors (Lipinski definition) is 1. The molecule has 0 heterocycles. The third-order valence-corrected chi connectivity index (χ3v) is 5.44. The number of nitrogen functional groups attached to an aromatic ring is 1. The number of anilines is 1. The molecule has 2 N–H and O–H groups in total. The molecule has 0 radical (unpaired) electrons. The van der Waals surface area contributed by atoms with Crippen molar-refractivity contribution in [3.8, 4) is 0 Å². The Labute approximate surface area is 131 Å². The van der Waals surface area contributed by atoms with E-state index >= 15 is 0 Å². The second kappa shape index (κ2) is 6.16. The molecule has 0 aliphatic heterocycles. The number of hydrogen-bond acceptors (Lipinski definition) is 3. The Balaban J connectivity index is 2.27. The first-order valence-electron chi connectivity index (χ1n) is 5.86. The van der Waals surface area contributed by atoms with Crippen molar-refractivity contribution in [3.63, 3.8) is 0 Å². The molecule has 0 atom stereocenters. The zero-order chi connectivity index (χ0) is 14.8. The monoisotopic (exact) mass is 373 g/mol. The molecule has 2 rings (SSSR count). The lowest BCUT2D eigenvalue weighted by Gasteiger charge is -2.10. The molecular formula is C14H13BrClNO2S. The first-order chi connectivity index (χ1) is 9.39. The zero-order valence-corrected chi connectivity index (χ0v) is 13.7. The summed E-state index contributed by atoms with van der Waals surface area (Å²) < 4.78 is 25.3. The van der Waals surface area contributed by atoms with E-state index in [2.05, 4.69) is 15.9 Å². The maximum absolute atomic E-state index is 12.3. The van der Waals surface area contributed by atoms with E-state index in [1.54, 1.807) is 42.5 Å². The minimum atomic E-state index is -3.35. The molecule has 0 amide bonds. The van der Waals surface area contributed by atoms with Crippen LogP contribution in [0.5, 0.6) is 0 Å². The molecule has 0 aromatic heterocycles. The van der Waals surface area contributed by atoms with Crippen molar-refractivity contribution in [2.24, 2.45) is 0 Å². The molecule has 2 aromatic carbocycles. The van der Waals surface area contributed by atoms with Crippen LogP contribution in [0.25, 0.3) is 0 Å². The Morgan fingerprint density at radius 1 is 1.05 bits per heavy atom. The maximum atomic E-state index is 12.3. The predicted molar refractivity (Wildman–Crippen MR) is 86.3 cm³/mol. The fraction of sp³-hybridized carbons (Fsp3) is 0.143. The molecular weight excluding hydrogens is 362 g/mol. The number of benzene rings is 2. The Morgan fingerprint density at radius 2 is 1.75 bits per heavy atom. The van der Waals surface area contributed by atoms with Crippen LogP contribution in [0.15, 0.2) is 46.9 Å². The molecule has 3 nitrogen and oxygen atoms in total. The lowest BCUT2D eigenvalue weighted by molar-refractivity contribution is 0.594. The third-order valence-electron chi connectivity index (χ3n) is 2.85. The van der Waals surface area contributed by atoms with Crippen molar-refractivity contribution >= 4 is 43.1 Å². The van der Waals surface area contributed by atoms with Crippen molar-refractivity contribution in [1.29, 1.82) is 0 Å². The van der Waals surface area contributed by atoms with Crippen molar-refractivity contribution in [3.05, 3.63) is 63.1 Å². The molecule has 2 aromatic rings. The van der Waals surface area contributed by atoms with Gasteiger partial charge in [0.1, 0.15) is 0 Å². The van der Waals surface area contributed by atoms with Gasteiger partial charge in [-0.15, -0.1) is 0 Å². The summed E-state index contributed by atoms with van der Waals surface area (Å²) in [5.41, 5.74) is 7.47. The third kappa shape index (κ3) is 3.75. The van der Waals surface area contributed by atoms with Crippen LogP contribution in [0.3, 0.4) is 0 Å². The highest BCUT2D eigenvalue weighted by molar-refractivity contribution is 9.10. The fourth-order valence-electron chi connectivity index (χ4n) is 1.85. The maximum Gasteiger partial charge on any atom is 0.158 e. The first-order valence-corrected chi connectivity index (χ1v) is 8.85. The summed E-state index contributed by atoms with van der Waals surface area (Å²) in [6.45, 7) is 0. The Hall–Kier alpha value is -1.04. The molecule has 0 saturated carbocycles. The van der Waals surface area contributed by atoms with Gasteiger partial charge in [-0.25, -0.2) is 8.42 Å². The summed E-state index contributed by atoms with van der Waals surface area (Å²) in [6.07, 6.45) is 0. The highest BCUT2D eigenvalue weighted by Gasteiger charge is 2.18. The van der Waals surface area contributed by atoms with Gasteiger partial charge in [0.05, 0.1) is 11.5 Å². The molecule has 0 fully saturated rings. The van der Waals surface area contributed by atoms with E-state index in [1.807, 2.05) is 0 Å². The number of nitrogens with two attached hydrogens (primary N) is 1. The van der Waals surface area contributed by atoms with Crippen LogP contribution in [0.2, 0.25) is 5.02 Å². The van der Waals surface area contributed by atoms with Gasteiger partial charge in [0.15, 0.2) is 9.84 Å². The van der Waals surface area contributed by atoms with Gasteiger partial charge in [0, 0.05) is 20.7 Å². The molecule has 0 saturated heterocycles. The van der Waals surface area contributed by atoms with Crippen molar-refractivity contribution in [2.75, 3.05) is 5.73 Å². The number of sulfone groups is 1. The molecule has 0 spiro atoms.